The normalized spacial score (nSPS) is 13.2. The Balaban J connectivity index is 1.31. The number of rotatable bonds is 6. The van der Waals surface area contributed by atoms with Gasteiger partial charge in [0.1, 0.15) is 0 Å². The lowest BCUT2D eigenvalue weighted by Crippen LogP contribution is -2.22. The van der Waals surface area contributed by atoms with E-state index in [4.69, 9.17) is 0 Å². The van der Waals surface area contributed by atoms with Crippen LogP contribution < -0.4 is 10.6 Å². The van der Waals surface area contributed by atoms with E-state index in [0.29, 0.717) is 12.1 Å². The molecule has 3 aromatic rings. The lowest BCUT2D eigenvalue weighted by molar-refractivity contribution is -0.117. The first-order chi connectivity index (χ1) is 13.2. The fourth-order valence-corrected chi connectivity index (χ4v) is 2.87. The summed E-state index contributed by atoms with van der Waals surface area (Å²) in [5.74, 6) is 0.174. The van der Waals surface area contributed by atoms with Crippen LogP contribution in [-0.2, 0) is 11.3 Å². The van der Waals surface area contributed by atoms with Crippen molar-refractivity contribution in [3.63, 3.8) is 0 Å². The second-order valence-electron chi connectivity index (χ2n) is 6.78. The minimum absolute atomic E-state index is 0.0967. The van der Waals surface area contributed by atoms with Gasteiger partial charge in [-0.1, -0.05) is 12.1 Å². The first-order valence-electron chi connectivity index (χ1n) is 9.10. The molecule has 0 spiro atoms. The summed E-state index contributed by atoms with van der Waals surface area (Å²) in [6.07, 6.45) is 5.91. The summed E-state index contributed by atoms with van der Waals surface area (Å²) in [6, 6.07) is 19.0. The largest absolute Gasteiger partial charge is 0.348 e. The SMILES string of the molecule is O=C(NCc1ccc(NC(=O)C2CC2)cc1)c1ccc(-n2cccc2)cc1. The Labute approximate surface area is 158 Å². The molecule has 0 radical (unpaired) electrons. The molecule has 0 aliphatic heterocycles. The molecular formula is C22H21N3O2. The van der Waals surface area contributed by atoms with E-state index in [9.17, 15) is 9.59 Å². The molecule has 1 saturated carbocycles. The molecule has 136 valence electrons. The van der Waals surface area contributed by atoms with Gasteiger partial charge in [-0.2, -0.15) is 0 Å². The third-order valence-electron chi connectivity index (χ3n) is 4.65. The zero-order valence-electron chi connectivity index (χ0n) is 14.9. The number of nitrogens with one attached hydrogen (secondary N) is 2. The molecule has 0 saturated heterocycles. The van der Waals surface area contributed by atoms with E-state index in [1.54, 1.807) is 0 Å². The maximum Gasteiger partial charge on any atom is 0.251 e. The fourth-order valence-electron chi connectivity index (χ4n) is 2.87. The van der Waals surface area contributed by atoms with Crippen LogP contribution in [0, 0.1) is 5.92 Å². The molecule has 5 heteroatoms. The van der Waals surface area contributed by atoms with E-state index in [-0.39, 0.29) is 17.7 Å². The van der Waals surface area contributed by atoms with Crippen molar-refractivity contribution >= 4 is 17.5 Å². The Morgan fingerprint density at radius 3 is 2.22 bits per heavy atom. The Morgan fingerprint density at radius 1 is 0.926 bits per heavy atom. The van der Waals surface area contributed by atoms with Gasteiger partial charge in [-0.15, -0.1) is 0 Å². The van der Waals surface area contributed by atoms with E-state index in [2.05, 4.69) is 10.6 Å². The van der Waals surface area contributed by atoms with Crippen molar-refractivity contribution in [2.75, 3.05) is 5.32 Å². The van der Waals surface area contributed by atoms with Crippen LogP contribution in [0.3, 0.4) is 0 Å². The highest BCUT2D eigenvalue weighted by Crippen LogP contribution is 2.30. The predicted molar refractivity (Wildman–Crippen MR) is 105 cm³/mol. The topological polar surface area (TPSA) is 63.1 Å². The van der Waals surface area contributed by atoms with Crippen molar-refractivity contribution in [2.24, 2.45) is 5.92 Å². The first kappa shape index (κ1) is 17.1. The summed E-state index contributed by atoms with van der Waals surface area (Å²) in [5.41, 5.74) is 3.42. The van der Waals surface area contributed by atoms with Crippen LogP contribution in [0.1, 0.15) is 28.8 Å². The highest BCUT2D eigenvalue weighted by molar-refractivity contribution is 5.94. The molecule has 0 unspecified atom stereocenters. The Hall–Kier alpha value is -3.34. The van der Waals surface area contributed by atoms with Gasteiger partial charge < -0.3 is 15.2 Å². The highest BCUT2D eigenvalue weighted by Gasteiger charge is 2.29. The van der Waals surface area contributed by atoms with Crippen LogP contribution in [0.2, 0.25) is 0 Å². The maximum absolute atomic E-state index is 12.3. The van der Waals surface area contributed by atoms with Crippen LogP contribution in [0.15, 0.2) is 73.1 Å². The highest BCUT2D eigenvalue weighted by atomic mass is 16.2. The van der Waals surface area contributed by atoms with E-state index >= 15 is 0 Å². The van der Waals surface area contributed by atoms with Gasteiger partial charge in [-0.05, 0) is 66.9 Å². The Morgan fingerprint density at radius 2 is 1.59 bits per heavy atom. The van der Waals surface area contributed by atoms with Crippen LogP contribution in [0.25, 0.3) is 5.69 Å². The van der Waals surface area contributed by atoms with E-state index in [0.717, 1.165) is 29.8 Å². The molecule has 2 amide bonds. The summed E-state index contributed by atoms with van der Waals surface area (Å²) in [5, 5.41) is 5.84. The van der Waals surface area contributed by atoms with E-state index < -0.39 is 0 Å². The molecule has 1 aliphatic carbocycles. The van der Waals surface area contributed by atoms with Gasteiger partial charge in [-0.25, -0.2) is 0 Å². The second-order valence-corrected chi connectivity index (χ2v) is 6.78. The van der Waals surface area contributed by atoms with Crippen LogP contribution in [0.4, 0.5) is 5.69 Å². The average Bonchev–Trinajstić information content (AvgIpc) is 3.42. The Bertz CT molecular complexity index is 925. The molecular weight excluding hydrogens is 338 g/mol. The van der Waals surface area contributed by atoms with Crippen molar-refractivity contribution in [1.82, 2.24) is 9.88 Å². The Kier molecular flexibility index (Phi) is 4.75. The third kappa shape index (κ3) is 4.26. The van der Waals surface area contributed by atoms with Gasteiger partial charge in [0.15, 0.2) is 0 Å². The number of nitrogens with zero attached hydrogens (tertiary/aromatic N) is 1. The molecule has 27 heavy (non-hydrogen) atoms. The molecule has 0 atom stereocenters. The number of aromatic nitrogens is 1. The molecule has 1 aliphatic rings. The molecule has 1 fully saturated rings. The van der Waals surface area contributed by atoms with Gasteiger partial charge in [0.05, 0.1) is 0 Å². The van der Waals surface area contributed by atoms with Gasteiger partial charge in [0, 0.05) is 41.8 Å². The summed E-state index contributed by atoms with van der Waals surface area (Å²) in [7, 11) is 0. The van der Waals surface area contributed by atoms with Crippen LogP contribution >= 0.6 is 0 Å². The lowest BCUT2D eigenvalue weighted by atomic mass is 10.1. The summed E-state index contributed by atoms with van der Waals surface area (Å²) < 4.78 is 1.99. The van der Waals surface area contributed by atoms with Crippen molar-refractivity contribution < 1.29 is 9.59 Å². The van der Waals surface area contributed by atoms with Crippen molar-refractivity contribution in [3.8, 4) is 5.69 Å². The molecule has 1 heterocycles. The number of carbonyl (C=O) groups excluding carboxylic acids is 2. The molecule has 5 nitrogen and oxygen atoms in total. The number of carbonyl (C=O) groups is 2. The third-order valence-corrected chi connectivity index (χ3v) is 4.65. The van der Waals surface area contributed by atoms with E-state index in [1.165, 1.54) is 0 Å². The van der Waals surface area contributed by atoms with Gasteiger partial charge in [-0.3, -0.25) is 9.59 Å². The monoisotopic (exact) mass is 359 g/mol. The fraction of sp³-hybridized carbons (Fsp3) is 0.182. The number of hydrogen-bond acceptors (Lipinski definition) is 2. The lowest BCUT2D eigenvalue weighted by Gasteiger charge is -2.08. The number of hydrogen-bond donors (Lipinski definition) is 2. The van der Waals surface area contributed by atoms with Gasteiger partial charge in [0.2, 0.25) is 5.91 Å². The quantitative estimate of drug-likeness (QED) is 0.704. The number of amides is 2. The maximum atomic E-state index is 12.3. The van der Waals surface area contributed by atoms with Crippen LogP contribution in [0.5, 0.6) is 0 Å². The first-order valence-corrected chi connectivity index (χ1v) is 9.10. The van der Waals surface area contributed by atoms with Gasteiger partial charge in [0.25, 0.3) is 5.91 Å². The summed E-state index contributed by atoms with van der Waals surface area (Å²) in [4.78, 5) is 24.1. The molecule has 2 N–H and O–H groups in total. The van der Waals surface area contributed by atoms with Crippen molar-refractivity contribution in [2.45, 2.75) is 19.4 Å². The molecule has 1 aromatic heterocycles. The summed E-state index contributed by atoms with van der Waals surface area (Å²) >= 11 is 0. The van der Waals surface area contributed by atoms with Gasteiger partial charge >= 0.3 is 0 Å². The van der Waals surface area contributed by atoms with Crippen molar-refractivity contribution in [3.05, 3.63) is 84.2 Å². The minimum Gasteiger partial charge on any atom is -0.348 e. The molecule has 0 bridgehead atoms. The minimum atomic E-state index is -0.111. The number of anilines is 1. The summed E-state index contributed by atoms with van der Waals surface area (Å²) in [6.45, 7) is 0.440. The second kappa shape index (κ2) is 7.50. The average molecular weight is 359 g/mol. The smallest absolute Gasteiger partial charge is 0.251 e. The molecule has 2 aromatic carbocycles. The standard InChI is InChI=1S/C22H21N3O2/c26-21(17-7-11-20(12-8-17)25-13-1-2-14-25)23-15-16-3-9-19(10-4-16)24-22(27)18-5-6-18/h1-4,7-14,18H,5-6,15H2,(H,23,26)(H,24,27). The van der Waals surface area contributed by atoms with Crippen molar-refractivity contribution in [1.29, 1.82) is 0 Å². The van der Waals surface area contributed by atoms with E-state index in [1.807, 2.05) is 77.6 Å². The zero-order chi connectivity index (χ0) is 18.6. The number of benzene rings is 2. The predicted octanol–water partition coefficient (Wildman–Crippen LogP) is 3.76. The van der Waals surface area contributed by atoms with Crippen LogP contribution in [-0.4, -0.2) is 16.4 Å². The molecule has 4 rings (SSSR count). The zero-order valence-corrected chi connectivity index (χ0v) is 14.9.